The summed E-state index contributed by atoms with van der Waals surface area (Å²) >= 11 is 5.50. The van der Waals surface area contributed by atoms with Crippen LogP contribution in [0.2, 0.25) is 0 Å². The van der Waals surface area contributed by atoms with Crippen molar-refractivity contribution in [3.63, 3.8) is 0 Å². The molecule has 0 aromatic heterocycles. The second-order valence-corrected chi connectivity index (χ2v) is 3.88. The molecule has 6 nitrogen and oxygen atoms in total. The fourth-order valence-corrected chi connectivity index (χ4v) is 1.03. The van der Waals surface area contributed by atoms with Gasteiger partial charge in [0, 0.05) is 6.54 Å². The Balaban J connectivity index is 4.31. The highest BCUT2D eigenvalue weighted by Crippen LogP contribution is 1.96. The topological polar surface area (TPSA) is 75.7 Å². The number of hydrogen-bond acceptors (Lipinski definition) is 4. The Hall–Kier alpha value is -1.30. The van der Waals surface area contributed by atoms with Crippen LogP contribution in [0.15, 0.2) is 0 Å². The minimum absolute atomic E-state index is 0.194. The highest BCUT2D eigenvalue weighted by molar-refractivity contribution is 6.31. The molecule has 0 saturated heterocycles. The number of rotatable bonds is 5. The zero-order valence-corrected chi connectivity index (χ0v) is 10.9. The monoisotopic (exact) mass is 264 g/mol. The van der Waals surface area contributed by atoms with E-state index in [1.807, 2.05) is 0 Å². The quantitative estimate of drug-likeness (QED) is 0.587. The third-order valence-corrected chi connectivity index (χ3v) is 2.08. The molecule has 0 radical (unpaired) electrons. The van der Waals surface area contributed by atoms with Crippen molar-refractivity contribution < 1.29 is 19.1 Å². The summed E-state index contributed by atoms with van der Waals surface area (Å²) in [5.74, 6) is -1.12. The first-order chi connectivity index (χ1) is 7.92. The molecule has 1 atom stereocenters. The number of carbonyl (C=O) groups excluding carboxylic acids is 3. The molecule has 1 unspecified atom stereocenters. The van der Waals surface area contributed by atoms with Gasteiger partial charge in [-0.15, -0.1) is 11.6 Å². The number of ether oxygens (including phenoxy) is 1. The van der Waals surface area contributed by atoms with Crippen LogP contribution < -0.4 is 5.32 Å². The number of esters is 1. The van der Waals surface area contributed by atoms with E-state index in [1.54, 1.807) is 13.8 Å². The predicted molar refractivity (Wildman–Crippen MR) is 62.7 cm³/mol. The molecule has 1 N–H and O–H groups in total. The maximum absolute atomic E-state index is 11.6. The number of imide groups is 1. The molecule has 17 heavy (non-hydrogen) atoms. The number of alkyl halides is 1. The number of amides is 3. The number of urea groups is 1. The largest absolute Gasteiger partial charge is 0.465 e. The van der Waals surface area contributed by atoms with Crippen LogP contribution in [-0.4, -0.2) is 47.9 Å². The number of nitrogens with one attached hydrogen (secondary N) is 1. The highest BCUT2D eigenvalue weighted by atomic mass is 35.5. The number of likely N-dealkylation sites (N-methyl/N-ethyl adjacent to an activating group) is 1. The summed E-state index contributed by atoms with van der Waals surface area (Å²) in [5, 5.41) is 1.28. The summed E-state index contributed by atoms with van der Waals surface area (Å²) in [6.07, 6.45) is 0. The Bertz CT molecular complexity index is 294. The molecule has 0 fully saturated rings. The van der Waals surface area contributed by atoms with E-state index in [1.165, 1.54) is 6.92 Å². The van der Waals surface area contributed by atoms with Crippen molar-refractivity contribution in [3.8, 4) is 0 Å². The lowest BCUT2D eigenvalue weighted by Gasteiger charge is -2.19. The van der Waals surface area contributed by atoms with E-state index in [0.29, 0.717) is 0 Å². The smallest absolute Gasteiger partial charge is 0.325 e. The standard InChI is InChI=1S/C10H17ClN2O4/c1-4-13(6-8(14)17-5-2)10(16)12-9(15)7(3)11/h7H,4-6H2,1-3H3,(H,12,15,16). The normalized spacial score (nSPS) is 11.5. The molecule has 0 bridgehead atoms. The lowest BCUT2D eigenvalue weighted by Crippen LogP contribution is -2.46. The Kier molecular flexibility index (Phi) is 7.29. The number of halogens is 1. The molecule has 0 aliphatic carbocycles. The van der Waals surface area contributed by atoms with Crippen molar-refractivity contribution in [2.75, 3.05) is 19.7 Å². The number of carbonyl (C=O) groups is 3. The van der Waals surface area contributed by atoms with Crippen molar-refractivity contribution >= 4 is 29.5 Å². The van der Waals surface area contributed by atoms with Crippen molar-refractivity contribution in [3.05, 3.63) is 0 Å². The minimum Gasteiger partial charge on any atom is -0.465 e. The van der Waals surface area contributed by atoms with Gasteiger partial charge in [0.15, 0.2) is 0 Å². The summed E-state index contributed by atoms with van der Waals surface area (Å²) in [6, 6.07) is -0.655. The third-order valence-electron chi connectivity index (χ3n) is 1.89. The Morgan fingerprint density at radius 2 is 1.94 bits per heavy atom. The van der Waals surface area contributed by atoms with Gasteiger partial charge in [-0.3, -0.25) is 14.9 Å². The molecule has 0 aliphatic heterocycles. The van der Waals surface area contributed by atoms with Gasteiger partial charge < -0.3 is 9.64 Å². The van der Waals surface area contributed by atoms with Gasteiger partial charge in [0.1, 0.15) is 11.9 Å². The fourth-order valence-electron chi connectivity index (χ4n) is 0.974. The van der Waals surface area contributed by atoms with Gasteiger partial charge in [-0.25, -0.2) is 4.79 Å². The molecule has 0 rings (SSSR count). The van der Waals surface area contributed by atoms with Crippen molar-refractivity contribution in [1.82, 2.24) is 10.2 Å². The maximum Gasteiger partial charge on any atom is 0.325 e. The average Bonchev–Trinajstić information content (AvgIpc) is 2.25. The zero-order valence-electron chi connectivity index (χ0n) is 10.2. The van der Waals surface area contributed by atoms with Crippen LogP contribution >= 0.6 is 11.6 Å². The molecule has 0 aromatic rings. The summed E-state index contributed by atoms with van der Waals surface area (Å²) in [4.78, 5) is 35.1. The van der Waals surface area contributed by atoms with Gasteiger partial charge in [-0.05, 0) is 20.8 Å². The van der Waals surface area contributed by atoms with Gasteiger partial charge in [0.05, 0.1) is 6.61 Å². The molecule has 3 amide bonds. The Labute approximate surface area is 105 Å². The predicted octanol–water partition coefficient (Wildman–Crippen LogP) is 0.735. The van der Waals surface area contributed by atoms with Crippen LogP contribution in [0.5, 0.6) is 0 Å². The van der Waals surface area contributed by atoms with Gasteiger partial charge in [-0.1, -0.05) is 0 Å². The molecular formula is C10H17ClN2O4. The van der Waals surface area contributed by atoms with Gasteiger partial charge in [0.2, 0.25) is 5.91 Å². The molecule has 0 spiro atoms. The van der Waals surface area contributed by atoms with Crippen LogP contribution in [-0.2, 0) is 14.3 Å². The molecule has 0 aromatic carbocycles. The molecule has 7 heteroatoms. The molecular weight excluding hydrogens is 248 g/mol. The maximum atomic E-state index is 11.6. The molecule has 0 aliphatic rings. The second-order valence-electron chi connectivity index (χ2n) is 3.23. The van der Waals surface area contributed by atoms with E-state index in [2.05, 4.69) is 5.32 Å². The van der Waals surface area contributed by atoms with E-state index in [0.717, 1.165) is 4.90 Å². The number of hydrogen-bond donors (Lipinski definition) is 1. The summed E-state index contributed by atoms with van der Waals surface area (Å²) in [5.41, 5.74) is 0. The first kappa shape index (κ1) is 15.7. The first-order valence-corrected chi connectivity index (χ1v) is 5.75. The molecule has 0 saturated carbocycles. The third kappa shape index (κ3) is 6.11. The van der Waals surface area contributed by atoms with Crippen LogP contribution in [0.1, 0.15) is 20.8 Å². The van der Waals surface area contributed by atoms with Gasteiger partial charge in [0.25, 0.3) is 0 Å². The zero-order chi connectivity index (χ0) is 13.4. The van der Waals surface area contributed by atoms with E-state index >= 15 is 0 Å². The Morgan fingerprint density at radius 3 is 2.35 bits per heavy atom. The molecule has 0 heterocycles. The average molecular weight is 265 g/mol. The van der Waals surface area contributed by atoms with Gasteiger partial charge >= 0.3 is 12.0 Å². The van der Waals surface area contributed by atoms with E-state index < -0.39 is 23.3 Å². The van der Waals surface area contributed by atoms with E-state index in [4.69, 9.17) is 16.3 Å². The van der Waals surface area contributed by atoms with Crippen LogP contribution in [0.25, 0.3) is 0 Å². The van der Waals surface area contributed by atoms with Crippen LogP contribution in [0.3, 0.4) is 0 Å². The summed E-state index contributed by atoms with van der Waals surface area (Å²) in [7, 11) is 0. The fraction of sp³-hybridized carbons (Fsp3) is 0.700. The lowest BCUT2D eigenvalue weighted by molar-refractivity contribution is -0.143. The Morgan fingerprint density at radius 1 is 1.35 bits per heavy atom. The first-order valence-electron chi connectivity index (χ1n) is 5.31. The minimum atomic E-state index is -0.805. The van der Waals surface area contributed by atoms with Crippen LogP contribution in [0.4, 0.5) is 4.79 Å². The highest BCUT2D eigenvalue weighted by Gasteiger charge is 2.20. The number of nitrogens with zero attached hydrogens (tertiary/aromatic N) is 1. The van der Waals surface area contributed by atoms with E-state index in [-0.39, 0.29) is 19.7 Å². The van der Waals surface area contributed by atoms with E-state index in [9.17, 15) is 14.4 Å². The SMILES string of the molecule is CCOC(=O)CN(CC)C(=O)NC(=O)C(C)Cl. The second kappa shape index (κ2) is 7.89. The van der Waals surface area contributed by atoms with Crippen LogP contribution in [0, 0.1) is 0 Å². The van der Waals surface area contributed by atoms with Gasteiger partial charge in [-0.2, -0.15) is 0 Å². The lowest BCUT2D eigenvalue weighted by atomic mass is 10.4. The summed E-state index contributed by atoms with van der Waals surface area (Å²) < 4.78 is 4.71. The van der Waals surface area contributed by atoms with Crippen molar-refractivity contribution in [2.24, 2.45) is 0 Å². The molecule has 98 valence electrons. The summed E-state index contributed by atoms with van der Waals surface area (Å²) in [6.45, 7) is 5.15. The van der Waals surface area contributed by atoms with Crippen molar-refractivity contribution in [1.29, 1.82) is 0 Å². The van der Waals surface area contributed by atoms with Crippen molar-refractivity contribution in [2.45, 2.75) is 26.1 Å².